The molecule has 2 fully saturated rings. The number of piperazine rings is 1. The first-order chi connectivity index (χ1) is 7.66. The summed E-state index contributed by atoms with van der Waals surface area (Å²) in [5.41, 5.74) is 0. The zero-order valence-electron chi connectivity index (χ0n) is 11.1. The number of likely N-dealkylation sites (tertiary alicyclic amines) is 1. The summed E-state index contributed by atoms with van der Waals surface area (Å²) in [5, 5.41) is 3.53. The van der Waals surface area contributed by atoms with E-state index in [9.17, 15) is 0 Å². The Kier molecular flexibility index (Phi) is 4.22. The molecule has 2 heterocycles. The van der Waals surface area contributed by atoms with Crippen LogP contribution in [-0.2, 0) is 0 Å². The van der Waals surface area contributed by atoms with Gasteiger partial charge in [0.25, 0.3) is 0 Å². The summed E-state index contributed by atoms with van der Waals surface area (Å²) in [5.74, 6) is 0. The molecular weight excluding hydrogens is 198 g/mol. The highest BCUT2D eigenvalue weighted by atomic mass is 15.3. The zero-order valence-corrected chi connectivity index (χ0v) is 11.1. The Bertz CT molecular complexity index is 217. The summed E-state index contributed by atoms with van der Waals surface area (Å²) in [6.45, 7) is 13.2. The molecule has 0 bridgehead atoms. The van der Waals surface area contributed by atoms with Gasteiger partial charge in [-0.1, -0.05) is 0 Å². The number of hydrogen-bond donors (Lipinski definition) is 1. The van der Waals surface area contributed by atoms with Crippen LogP contribution in [0.3, 0.4) is 0 Å². The van der Waals surface area contributed by atoms with E-state index >= 15 is 0 Å². The summed E-state index contributed by atoms with van der Waals surface area (Å²) in [6.07, 6.45) is 2.77. The quantitative estimate of drug-likeness (QED) is 0.760. The molecule has 3 nitrogen and oxygen atoms in total. The first-order valence-electron chi connectivity index (χ1n) is 6.88. The molecule has 2 rings (SSSR count). The Labute approximate surface area is 100 Å². The predicted octanol–water partition coefficient (Wildman–Crippen LogP) is 1.15. The van der Waals surface area contributed by atoms with Gasteiger partial charge < -0.3 is 5.32 Å². The Morgan fingerprint density at radius 3 is 2.69 bits per heavy atom. The van der Waals surface area contributed by atoms with Gasteiger partial charge in [-0.15, -0.1) is 0 Å². The van der Waals surface area contributed by atoms with E-state index in [1.807, 2.05) is 0 Å². The van der Waals surface area contributed by atoms with Gasteiger partial charge >= 0.3 is 0 Å². The second-order valence-electron chi connectivity index (χ2n) is 5.73. The largest absolute Gasteiger partial charge is 0.312 e. The number of rotatable bonds is 2. The molecule has 0 amide bonds. The third-order valence-corrected chi connectivity index (χ3v) is 4.07. The van der Waals surface area contributed by atoms with Gasteiger partial charge in [0, 0.05) is 44.3 Å². The average Bonchev–Trinajstić information content (AvgIpc) is 2.29. The molecule has 2 atom stereocenters. The van der Waals surface area contributed by atoms with Crippen LogP contribution in [0.2, 0.25) is 0 Å². The van der Waals surface area contributed by atoms with Crippen LogP contribution in [0.1, 0.15) is 33.6 Å². The van der Waals surface area contributed by atoms with Crippen LogP contribution in [-0.4, -0.2) is 60.6 Å². The van der Waals surface area contributed by atoms with E-state index in [4.69, 9.17) is 0 Å². The molecule has 2 aliphatic rings. The van der Waals surface area contributed by atoms with Crippen LogP contribution >= 0.6 is 0 Å². The van der Waals surface area contributed by atoms with E-state index < -0.39 is 0 Å². The van der Waals surface area contributed by atoms with E-state index in [0.717, 1.165) is 6.04 Å². The summed E-state index contributed by atoms with van der Waals surface area (Å²) in [6, 6.07) is 2.19. The molecule has 2 aliphatic heterocycles. The Morgan fingerprint density at radius 2 is 2.00 bits per heavy atom. The maximum absolute atomic E-state index is 3.53. The molecule has 16 heavy (non-hydrogen) atoms. The van der Waals surface area contributed by atoms with Gasteiger partial charge in [-0.25, -0.2) is 0 Å². The van der Waals surface area contributed by atoms with Gasteiger partial charge in [-0.3, -0.25) is 9.80 Å². The minimum absolute atomic E-state index is 0.670. The predicted molar refractivity (Wildman–Crippen MR) is 68.8 cm³/mol. The normalized spacial score (nSPS) is 34.5. The number of nitrogens with one attached hydrogen (secondary N) is 1. The molecular formula is C13H27N3. The van der Waals surface area contributed by atoms with Crippen LogP contribution < -0.4 is 5.32 Å². The van der Waals surface area contributed by atoms with Crippen molar-refractivity contribution in [1.82, 2.24) is 15.1 Å². The molecule has 0 spiro atoms. The lowest BCUT2D eigenvalue weighted by molar-refractivity contribution is 0.0629. The van der Waals surface area contributed by atoms with E-state index in [-0.39, 0.29) is 0 Å². The van der Waals surface area contributed by atoms with Crippen LogP contribution in [0.5, 0.6) is 0 Å². The molecule has 2 unspecified atom stereocenters. The third-order valence-electron chi connectivity index (χ3n) is 4.07. The number of hydrogen-bond acceptors (Lipinski definition) is 3. The monoisotopic (exact) mass is 225 g/mol. The lowest BCUT2D eigenvalue weighted by Gasteiger charge is -2.43. The Hall–Kier alpha value is -0.120. The molecule has 0 saturated carbocycles. The molecule has 0 radical (unpaired) electrons. The van der Waals surface area contributed by atoms with Crippen molar-refractivity contribution >= 4 is 0 Å². The van der Waals surface area contributed by atoms with E-state index in [1.165, 1.54) is 45.6 Å². The second kappa shape index (κ2) is 5.48. The summed E-state index contributed by atoms with van der Waals surface area (Å²) in [4.78, 5) is 5.34. The second-order valence-corrected chi connectivity index (χ2v) is 5.73. The fourth-order valence-corrected chi connectivity index (χ4v) is 3.04. The van der Waals surface area contributed by atoms with Gasteiger partial charge in [0.2, 0.25) is 0 Å². The smallest absolute Gasteiger partial charge is 0.0224 e. The lowest BCUT2D eigenvalue weighted by atomic mass is 10.0. The van der Waals surface area contributed by atoms with Gasteiger partial charge in [0.1, 0.15) is 0 Å². The zero-order chi connectivity index (χ0) is 11.5. The molecule has 2 saturated heterocycles. The molecule has 0 aromatic rings. The van der Waals surface area contributed by atoms with Gasteiger partial charge in [-0.2, -0.15) is 0 Å². The fraction of sp³-hybridized carbons (Fsp3) is 1.00. The molecule has 0 aromatic carbocycles. The molecule has 3 heteroatoms. The van der Waals surface area contributed by atoms with Crippen molar-refractivity contribution in [2.75, 3.05) is 32.7 Å². The Morgan fingerprint density at radius 1 is 1.19 bits per heavy atom. The minimum atomic E-state index is 0.670. The summed E-state index contributed by atoms with van der Waals surface area (Å²) >= 11 is 0. The fourth-order valence-electron chi connectivity index (χ4n) is 3.04. The SMILES string of the molecule is CC1CN(C2CCCN(C(C)C)C2)CCN1. The number of nitrogens with zero attached hydrogens (tertiary/aromatic N) is 2. The lowest BCUT2D eigenvalue weighted by Crippen LogP contribution is -2.57. The molecule has 94 valence electrons. The van der Waals surface area contributed by atoms with Crippen molar-refractivity contribution in [2.45, 2.75) is 51.7 Å². The minimum Gasteiger partial charge on any atom is -0.312 e. The van der Waals surface area contributed by atoms with Gasteiger partial charge in [0.05, 0.1) is 0 Å². The molecule has 1 N–H and O–H groups in total. The van der Waals surface area contributed by atoms with Crippen molar-refractivity contribution in [2.24, 2.45) is 0 Å². The van der Waals surface area contributed by atoms with Crippen LogP contribution in [0.15, 0.2) is 0 Å². The van der Waals surface area contributed by atoms with Crippen molar-refractivity contribution in [3.63, 3.8) is 0 Å². The van der Waals surface area contributed by atoms with E-state index in [1.54, 1.807) is 0 Å². The molecule has 0 aromatic heterocycles. The van der Waals surface area contributed by atoms with Crippen molar-refractivity contribution in [3.8, 4) is 0 Å². The first kappa shape index (κ1) is 12.3. The topological polar surface area (TPSA) is 18.5 Å². The average molecular weight is 225 g/mol. The van der Waals surface area contributed by atoms with Crippen LogP contribution in [0.25, 0.3) is 0 Å². The third kappa shape index (κ3) is 2.96. The van der Waals surface area contributed by atoms with Crippen molar-refractivity contribution < 1.29 is 0 Å². The first-order valence-corrected chi connectivity index (χ1v) is 6.88. The van der Waals surface area contributed by atoms with Crippen LogP contribution in [0, 0.1) is 0 Å². The van der Waals surface area contributed by atoms with Gasteiger partial charge in [-0.05, 0) is 40.2 Å². The van der Waals surface area contributed by atoms with E-state index in [2.05, 4.69) is 35.9 Å². The maximum Gasteiger partial charge on any atom is 0.0224 e. The van der Waals surface area contributed by atoms with Crippen molar-refractivity contribution in [1.29, 1.82) is 0 Å². The van der Waals surface area contributed by atoms with Gasteiger partial charge in [0.15, 0.2) is 0 Å². The number of piperidine rings is 1. The summed E-state index contributed by atoms with van der Waals surface area (Å²) in [7, 11) is 0. The highest BCUT2D eigenvalue weighted by Gasteiger charge is 2.28. The Balaban J connectivity index is 1.88. The standard InChI is InChI=1S/C13H27N3/c1-11(2)15-7-4-5-13(10-15)16-8-6-14-12(3)9-16/h11-14H,4-10H2,1-3H3. The van der Waals surface area contributed by atoms with Crippen molar-refractivity contribution in [3.05, 3.63) is 0 Å². The maximum atomic E-state index is 3.53. The summed E-state index contributed by atoms with van der Waals surface area (Å²) < 4.78 is 0. The highest BCUT2D eigenvalue weighted by Crippen LogP contribution is 2.18. The molecule has 0 aliphatic carbocycles. The highest BCUT2D eigenvalue weighted by molar-refractivity contribution is 4.86. The van der Waals surface area contributed by atoms with E-state index in [0.29, 0.717) is 12.1 Å². The van der Waals surface area contributed by atoms with Crippen LogP contribution in [0.4, 0.5) is 0 Å².